The zero-order valence-electron chi connectivity index (χ0n) is 12.0. The Morgan fingerprint density at radius 1 is 1.40 bits per heavy atom. The van der Waals surface area contributed by atoms with E-state index in [1.54, 1.807) is 12.5 Å². The van der Waals surface area contributed by atoms with Gasteiger partial charge in [-0.25, -0.2) is 4.98 Å². The van der Waals surface area contributed by atoms with Gasteiger partial charge in [0, 0.05) is 31.5 Å². The standard InChI is InChI=1S/C14H21N5O/c1-3-11-7-12(19(4-2)17-11)8-14(20)13-9-18(6-5-15)10-16-13/h7,9-10H,3-6,8,15H2,1-2H3. The second kappa shape index (κ2) is 6.47. The third-order valence-corrected chi connectivity index (χ3v) is 3.22. The van der Waals surface area contributed by atoms with E-state index in [1.165, 1.54) is 0 Å². The minimum atomic E-state index is 0.0121. The molecular formula is C14H21N5O. The second-order valence-electron chi connectivity index (χ2n) is 4.68. The Hall–Kier alpha value is -1.95. The van der Waals surface area contributed by atoms with Crippen LogP contribution in [-0.2, 0) is 25.9 Å². The van der Waals surface area contributed by atoms with Gasteiger partial charge in [0.05, 0.1) is 18.4 Å². The van der Waals surface area contributed by atoms with E-state index < -0.39 is 0 Å². The number of aromatic nitrogens is 4. The van der Waals surface area contributed by atoms with E-state index in [-0.39, 0.29) is 5.78 Å². The molecule has 0 atom stereocenters. The maximum Gasteiger partial charge on any atom is 0.188 e. The molecule has 0 aliphatic rings. The molecule has 2 N–H and O–H groups in total. The first kappa shape index (κ1) is 14.5. The van der Waals surface area contributed by atoms with Gasteiger partial charge in [-0.1, -0.05) is 6.92 Å². The molecule has 0 aliphatic carbocycles. The predicted molar refractivity (Wildman–Crippen MR) is 76.6 cm³/mol. The summed E-state index contributed by atoms with van der Waals surface area (Å²) in [7, 11) is 0. The van der Waals surface area contributed by atoms with E-state index in [0.29, 0.717) is 25.2 Å². The molecule has 0 amide bonds. The fourth-order valence-electron chi connectivity index (χ4n) is 2.13. The minimum Gasteiger partial charge on any atom is -0.335 e. The van der Waals surface area contributed by atoms with Crippen LogP contribution in [0.2, 0.25) is 0 Å². The predicted octanol–water partition coefficient (Wildman–Crippen LogP) is 1.05. The number of carbonyl (C=O) groups excluding carboxylic acids is 1. The largest absolute Gasteiger partial charge is 0.335 e. The topological polar surface area (TPSA) is 78.7 Å². The smallest absolute Gasteiger partial charge is 0.188 e. The third-order valence-electron chi connectivity index (χ3n) is 3.22. The molecule has 2 aromatic rings. The summed E-state index contributed by atoms with van der Waals surface area (Å²) in [5.74, 6) is 0.0121. The second-order valence-corrected chi connectivity index (χ2v) is 4.68. The fraction of sp³-hybridized carbons (Fsp3) is 0.500. The zero-order chi connectivity index (χ0) is 14.5. The normalized spacial score (nSPS) is 10.9. The van der Waals surface area contributed by atoms with Crippen LogP contribution in [0, 0.1) is 0 Å². The number of rotatable bonds is 7. The summed E-state index contributed by atoms with van der Waals surface area (Å²) >= 11 is 0. The molecule has 0 bridgehead atoms. The SMILES string of the molecule is CCc1cc(CC(=O)c2cn(CCN)cn2)n(CC)n1. The van der Waals surface area contributed by atoms with Crippen molar-refractivity contribution in [2.75, 3.05) is 6.54 Å². The molecule has 20 heavy (non-hydrogen) atoms. The summed E-state index contributed by atoms with van der Waals surface area (Å²) < 4.78 is 3.72. The van der Waals surface area contributed by atoms with Gasteiger partial charge in [-0.15, -0.1) is 0 Å². The lowest BCUT2D eigenvalue weighted by Gasteiger charge is -2.02. The first-order valence-corrected chi connectivity index (χ1v) is 6.98. The number of nitrogens with two attached hydrogens (primary N) is 1. The summed E-state index contributed by atoms with van der Waals surface area (Å²) in [4.78, 5) is 16.4. The van der Waals surface area contributed by atoms with Gasteiger partial charge in [-0.3, -0.25) is 9.48 Å². The van der Waals surface area contributed by atoms with E-state index >= 15 is 0 Å². The molecule has 0 saturated carbocycles. The average Bonchev–Trinajstić information content (AvgIpc) is 3.05. The Kier molecular flexibility index (Phi) is 4.68. The maximum absolute atomic E-state index is 12.2. The highest BCUT2D eigenvalue weighted by Gasteiger charge is 2.14. The summed E-state index contributed by atoms with van der Waals surface area (Å²) in [6.07, 6.45) is 4.61. The van der Waals surface area contributed by atoms with Crippen molar-refractivity contribution in [2.24, 2.45) is 5.73 Å². The van der Waals surface area contributed by atoms with Gasteiger partial charge in [0.2, 0.25) is 0 Å². The lowest BCUT2D eigenvalue weighted by molar-refractivity contribution is 0.0986. The Morgan fingerprint density at radius 2 is 2.20 bits per heavy atom. The first-order chi connectivity index (χ1) is 9.67. The number of Topliss-reactive ketones (excluding diaryl/α,β-unsaturated/α-hetero) is 1. The Morgan fingerprint density at radius 3 is 2.85 bits per heavy atom. The highest BCUT2D eigenvalue weighted by Crippen LogP contribution is 2.10. The van der Waals surface area contributed by atoms with Gasteiger partial charge >= 0.3 is 0 Å². The van der Waals surface area contributed by atoms with Crippen molar-refractivity contribution in [2.45, 2.75) is 39.8 Å². The molecule has 6 heteroatoms. The number of hydrogen-bond acceptors (Lipinski definition) is 4. The van der Waals surface area contributed by atoms with E-state index in [0.717, 1.165) is 24.4 Å². The molecule has 2 heterocycles. The summed E-state index contributed by atoms with van der Waals surface area (Å²) in [6.45, 7) is 6.06. The van der Waals surface area contributed by atoms with Crippen molar-refractivity contribution >= 4 is 5.78 Å². The van der Waals surface area contributed by atoms with Crippen molar-refractivity contribution in [3.05, 3.63) is 35.7 Å². The van der Waals surface area contributed by atoms with Gasteiger partial charge in [-0.05, 0) is 19.4 Å². The average molecular weight is 275 g/mol. The molecule has 0 saturated heterocycles. The van der Waals surface area contributed by atoms with Crippen molar-refractivity contribution in [3.8, 4) is 0 Å². The molecule has 0 unspecified atom stereocenters. The minimum absolute atomic E-state index is 0.0121. The van der Waals surface area contributed by atoms with Crippen molar-refractivity contribution < 1.29 is 4.79 Å². The van der Waals surface area contributed by atoms with Gasteiger partial charge in [-0.2, -0.15) is 5.10 Å². The quantitative estimate of drug-likeness (QED) is 0.766. The van der Waals surface area contributed by atoms with Crippen LogP contribution in [0.4, 0.5) is 0 Å². The van der Waals surface area contributed by atoms with Crippen LogP contribution in [0.5, 0.6) is 0 Å². The van der Waals surface area contributed by atoms with Crippen LogP contribution >= 0.6 is 0 Å². The van der Waals surface area contributed by atoms with E-state index in [1.807, 2.05) is 22.2 Å². The summed E-state index contributed by atoms with van der Waals surface area (Å²) in [6, 6.07) is 2.00. The molecule has 0 fully saturated rings. The fourth-order valence-corrected chi connectivity index (χ4v) is 2.13. The first-order valence-electron chi connectivity index (χ1n) is 6.98. The Balaban J connectivity index is 2.12. The number of aryl methyl sites for hydroxylation is 2. The summed E-state index contributed by atoms with van der Waals surface area (Å²) in [5, 5.41) is 4.45. The van der Waals surface area contributed by atoms with Crippen molar-refractivity contribution in [3.63, 3.8) is 0 Å². The molecule has 108 valence electrons. The highest BCUT2D eigenvalue weighted by atomic mass is 16.1. The van der Waals surface area contributed by atoms with E-state index in [2.05, 4.69) is 17.0 Å². The molecule has 0 aliphatic heterocycles. The molecule has 0 aromatic carbocycles. The molecular weight excluding hydrogens is 254 g/mol. The summed E-state index contributed by atoms with van der Waals surface area (Å²) in [5.41, 5.74) is 7.93. The van der Waals surface area contributed by atoms with E-state index in [4.69, 9.17) is 5.73 Å². The number of carbonyl (C=O) groups is 1. The number of hydrogen-bond donors (Lipinski definition) is 1. The van der Waals surface area contributed by atoms with Crippen LogP contribution < -0.4 is 5.73 Å². The monoisotopic (exact) mass is 275 g/mol. The van der Waals surface area contributed by atoms with Gasteiger partial charge in [0.25, 0.3) is 0 Å². The molecule has 6 nitrogen and oxygen atoms in total. The lowest BCUT2D eigenvalue weighted by Crippen LogP contribution is -2.10. The van der Waals surface area contributed by atoms with Crippen LogP contribution in [0.3, 0.4) is 0 Å². The van der Waals surface area contributed by atoms with Crippen LogP contribution in [-0.4, -0.2) is 31.7 Å². The lowest BCUT2D eigenvalue weighted by atomic mass is 10.1. The van der Waals surface area contributed by atoms with Crippen molar-refractivity contribution in [1.29, 1.82) is 0 Å². The van der Waals surface area contributed by atoms with Crippen molar-refractivity contribution in [1.82, 2.24) is 19.3 Å². The van der Waals surface area contributed by atoms with Gasteiger partial charge in [0.15, 0.2) is 5.78 Å². The van der Waals surface area contributed by atoms with Crippen LogP contribution in [0.15, 0.2) is 18.6 Å². The molecule has 0 radical (unpaired) electrons. The van der Waals surface area contributed by atoms with Gasteiger partial charge in [0.1, 0.15) is 5.69 Å². The molecule has 2 aromatic heterocycles. The van der Waals surface area contributed by atoms with E-state index in [9.17, 15) is 4.79 Å². The number of ketones is 1. The van der Waals surface area contributed by atoms with Crippen LogP contribution in [0.25, 0.3) is 0 Å². The van der Waals surface area contributed by atoms with Gasteiger partial charge < -0.3 is 10.3 Å². The Bertz CT molecular complexity index is 584. The Labute approximate surface area is 118 Å². The highest BCUT2D eigenvalue weighted by molar-refractivity contribution is 5.95. The van der Waals surface area contributed by atoms with Crippen LogP contribution in [0.1, 0.15) is 35.7 Å². The maximum atomic E-state index is 12.2. The number of nitrogens with zero attached hydrogens (tertiary/aromatic N) is 4. The third kappa shape index (κ3) is 3.14. The molecule has 2 rings (SSSR count). The zero-order valence-corrected chi connectivity index (χ0v) is 12.0. The molecule has 0 spiro atoms. The number of imidazole rings is 1.